The predicted molar refractivity (Wildman–Crippen MR) is 81.3 cm³/mol. The number of hydrogen-bond acceptors (Lipinski definition) is 6. The van der Waals surface area contributed by atoms with Crippen molar-refractivity contribution in [2.75, 3.05) is 11.5 Å². The molecule has 0 atom stereocenters. The number of alkyl halides is 6. The monoisotopic (exact) mass is 398 g/mol. The lowest BCUT2D eigenvalue weighted by Crippen LogP contribution is -2.54. The van der Waals surface area contributed by atoms with Crippen molar-refractivity contribution in [2.24, 2.45) is 0 Å². The standard InChI is InChI=1S/C15H12F6N2O4/c16-14(17,18)13(15(19,20)21,5-1-7(24)11(22)8(25)2-5)6-3-9(26)12(23)10(27)4-6/h1-4,24-27H,22-23H2. The quantitative estimate of drug-likeness (QED) is 0.262. The smallest absolute Gasteiger partial charge is 0.411 e. The zero-order chi connectivity index (χ0) is 20.9. The number of nitrogen functional groups attached to an aromatic ring is 2. The van der Waals surface area contributed by atoms with Crippen molar-refractivity contribution in [2.45, 2.75) is 17.8 Å². The fourth-order valence-electron chi connectivity index (χ4n) is 2.66. The van der Waals surface area contributed by atoms with Crippen LogP contribution >= 0.6 is 0 Å². The van der Waals surface area contributed by atoms with E-state index < -0.39 is 63.3 Å². The van der Waals surface area contributed by atoms with Crippen LogP contribution in [0.3, 0.4) is 0 Å². The third kappa shape index (κ3) is 2.86. The molecule has 2 aromatic carbocycles. The van der Waals surface area contributed by atoms with Crippen molar-refractivity contribution in [3.63, 3.8) is 0 Å². The Kier molecular flexibility index (Phi) is 4.42. The minimum atomic E-state index is -6.09. The molecular formula is C15H12F6N2O4. The number of aromatic hydroxyl groups is 4. The summed E-state index contributed by atoms with van der Waals surface area (Å²) in [6.45, 7) is 0. The lowest BCUT2D eigenvalue weighted by atomic mass is 9.72. The van der Waals surface area contributed by atoms with Gasteiger partial charge in [0.2, 0.25) is 5.41 Å². The Morgan fingerprint density at radius 2 is 0.778 bits per heavy atom. The van der Waals surface area contributed by atoms with Crippen LogP contribution in [0.15, 0.2) is 24.3 Å². The number of phenols is 4. The summed E-state index contributed by atoms with van der Waals surface area (Å²) in [6, 6.07) is 0.335. The van der Waals surface area contributed by atoms with Gasteiger partial charge in [0.1, 0.15) is 34.4 Å². The van der Waals surface area contributed by atoms with Gasteiger partial charge in [0.05, 0.1) is 0 Å². The normalized spacial score (nSPS) is 13.0. The van der Waals surface area contributed by atoms with Crippen LogP contribution in [0.5, 0.6) is 23.0 Å². The van der Waals surface area contributed by atoms with E-state index >= 15 is 0 Å². The summed E-state index contributed by atoms with van der Waals surface area (Å²) in [4.78, 5) is 0. The molecule has 0 heterocycles. The second-order valence-electron chi connectivity index (χ2n) is 5.60. The Morgan fingerprint density at radius 3 is 0.963 bits per heavy atom. The van der Waals surface area contributed by atoms with E-state index in [-0.39, 0.29) is 24.3 Å². The number of nitrogens with two attached hydrogens (primary N) is 2. The number of benzene rings is 2. The van der Waals surface area contributed by atoms with Gasteiger partial charge in [0.25, 0.3) is 0 Å². The summed E-state index contributed by atoms with van der Waals surface area (Å²) in [5.41, 5.74) is 0.525. The van der Waals surface area contributed by atoms with Gasteiger partial charge in [-0.05, 0) is 35.4 Å². The number of anilines is 2. The Hall–Kier alpha value is -3.18. The van der Waals surface area contributed by atoms with Crippen LogP contribution < -0.4 is 11.5 Å². The van der Waals surface area contributed by atoms with Gasteiger partial charge in [-0.25, -0.2) is 0 Å². The number of phenolic OH excluding ortho intramolecular Hbond substituents is 4. The molecule has 0 spiro atoms. The van der Waals surface area contributed by atoms with Gasteiger partial charge in [-0.1, -0.05) is 0 Å². The van der Waals surface area contributed by atoms with Gasteiger partial charge in [-0.2, -0.15) is 26.3 Å². The second kappa shape index (κ2) is 5.93. The first-order valence-electron chi connectivity index (χ1n) is 6.92. The van der Waals surface area contributed by atoms with E-state index in [9.17, 15) is 46.8 Å². The molecule has 27 heavy (non-hydrogen) atoms. The summed E-state index contributed by atoms with van der Waals surface area (Å²) in [5, 5.41) is 38.1. The predicted octanol–water partition coefficient (Wildman–Crippen LogP) is 3.08. The highest BCUT2D eigenvalue weighted by Crippen LogP contribution is 2.58. The zero-order valence-electron chi connectivity index (χ0n) is 13.0. The van der Waals surface area contributed by atoms with Crippen LogP contribution in [0.25, 0.3) is 0 Å². The molecule has 0 radical (unpaired) electrons. The summed E-state index contributed by atoms with van der Waals surface area (Å²) >= 11 is 0. The van der Waals surface area contributed by atoms with Crippen molar-refractivity contribution >= 4 is 11.4 Å². The van der Waals surface area contributed by atoms with Gasteiger partial charge in [-0.15, -0.1) is 0 Å². The van der Waals surface area contributed by atoms with E-state index in [1.807, 2.05) is 0 Å². The Morgan fingerprint density at radius 1 is 0.556 bits per heavy atom. The van der Waals surface area contributed by atoms with Crippen LogP contribution in [0.1, 0.15) is 11.1 Å². The van der Waals surface area contributed by atoms with Crippen LogP contribution in [-0.4, -0.2) is 32.8 Å². The average molecular weight is 398 g/mol. The van der Waals surface area contributed by atoms with Crippen LogP contribution in [0.4, 0.5) is 37.7 Å². The van der Waals surface area contributed by atoms with Crippen molar-refractivity contribution in [3.8, 4) is 23.0 Å². The molecule has 148 valence electrons. The van der Waals surface area contributed by atoms with Gasteiger partial charge < -0.3 is 31.9 Å². The molecule has 0 amide bonds. The fourth-order valence-corrected chi connectivity index (χ4v) is 2.66. The highest BCUT2D eigenvalue weighted by Gasteiger charge is 2.73. The first-order chi connectivity index (χ1) is 12.1. The molecule has 0 unspecified atom stereocenters. The van der Waals surface area contributed by atoms with Crippen molar-refractivity contribution in [1.82, 2.24) is 0 Å². The molecule has 0 fully saturated rings. The summed E-state index contributed by atoms with van der Waals surface area (Å²) in [6.07, 6.45) is -12.2. The van der Waals surface area contributed by atoms with Gasteiger partial charge in [-0.3, -0.25) is 0 Å². The molecule has 0 bridgehead atoms. The van der Waals surface area contributed by atoms with E-state index in [0.29, 0.717) is 0 Å². The molecule has 0 saturated carbocycles. The molecule has 2 aromatic rings. The first kappa shape index (κ1) is 20.1. The van der Waals surface area contributed by atoms with Gasteiger partial charge >= 0.3 is 12.4 Å². The third-order valence-electron chi connectivity index (χ3n) is 3.99. The Balaban J connectivity index is 3.06. The highest BCUT2D eigenvalue weighted by molar-refractivity contribution is 5.68. The minimum absolute atomic E-state index is 0.0838. The first-order valence-corrected chi connectivity index (χ1v) is 6.92. The summed E-state index contributed by atoms with van der Waals surface area (Å²) in [7, 11) is 0. The van der Waals surface area contributed by atoms with E-state index in [1.54, 1.807) is 0 Å². The number of halogens is 6. The molecule has 8 N–H and O–H groups in total. The van der Waals surface area contributed by atoms with E-state index in [2.05, 4.69) is 0 Å². The molecule has 0 aliphatic rings. The van der Waals surface area contributed by atoms with Gasteiger partial charge in [0.15, 0.2) is 0 Å². The topological polar surface area (TPSA) is 133 Å². The summed E-state index contributed by atoms with van der Waals surface area (Å²) in [5.74, 6) is -4.92. The third-order valence-corrected chi connectivity index (χ3v) is 3.99. The molecule has 2 rings (SSSR count). The van der Waals surface area contributed by atoms with Crippen molar-refractivity contribution in [3.05, 3.63) is 35.4 Å². The lowest BCUT2D eigenvalue weighted by Gasteiger charge is -2.38. The zero-order valence-corrected chi connectivity index (χ0v) is 13.0. The SMILES string of the molecule is Nc1c(O)cc(C(c2cc(O)c(N)c(O)c2)(C(F)(F)F)C(F)(F)F)cc1O. The molecular weight excluding hydrogens is 386 g/mol. The number of rotatable bonds is 2. The van der Waals surface area contributed by atoms with Crippen molar-refractivity contribution in [1.29, 1.82) is 0 Å². The van der Waals surface area contributed by atoms with E-state index in [1.165, 1.54) is 0 Å². The molecule has 0 aromatic heterocycles. The largest absolute Gasteiger partial charge is 0.506 e. The second-order valence-corrected chi connectivity index (χ2v) is 5.60. The maximum atomic E-state index is 13.9. The molecule has 6 nitrogen and oxygen atoms in total. The number of hydrogen-bond donors (Lipinski definition) is 6. The summed E-state index contributed by atoms with van der Waals surface area (Å²) < 4.78 is 83.2. The van der Waals surface area contributed by atoms with Crippen LogP contribution in [0, 0.1) is 0 Å². The van der Waals surface area contributed by atoms with E-state index in [0.717, 1.165) is 0 Å². The molecule has 0 aliphatic heterocycles. The average Bonchev–Trinajstić information content (AvgIpc) is 2.47. The molecule has 0 aliphatic carbocycles. The fraction of sp³-hybridized carbons (Fsp3) is 0.200. The molecule has 0 saturated heterocycles. The van der Waals surface area contributed by atoms with E-state index in [4.69, 9.17) is 11.5 Å². The van der Waals surface area contributed by atoms with Gasteiger partial charge in [0, 0.05) is 0 Å². The maximum absolute atomic E-state index is 13.9. The van der Waals surface area contributed by atoms with Crippen LogP contribution in [0.2, 0.25) is 0 Å². The minimum Gasteiger partial charge on any atom is -0.506 e. The van der Waals surface area contributed by atoms with Crippen LogP contribution in [-0.2, 0) is 5.41 Å². The lowest BCUT2D eigenvalue weighted by molar-refractivity contribution is -0.288. The van der Waals surface area contributed by atoms with Crippen molar-refractivity contribution < 1.29 is 46.8 Å². The highest BCUT2D eigenvalue weighted by atomic mass is 19.4. The molecule has 12 heteroatoms. The Labute approximate surface area is 146 Å². The maximum Gasteiger partial charge on any atom is 0.411 e. The Bertz CT molecular complexity index is 775.